The van der Waals surface area contributed by atoms with E-state index in [1.807, 2.05) is 26.0 Å². The standard InChI is InChI=1S/C20H16Cl2FNO/c1-11-8-17(16-10-14(25-3)5-7-18(16)21)20(12(2)24-11)15-6-4-13(23)9-19(15)22/h4-10H,1-3H3. The molecule has 0 spiro atoms. The summed E-state index contributed by atoms with van der Waals surface area (Å²) in [5.74, 6) is 0.315. The first-order valence-electron chi connectivity index (χ1n) is 7.68. The molecule has 0 atom stereocenters. The van der Waals surface area contributed by atoms with Crippen LogP contribution in [-0.4, -0.2) is 12.1 Å². The molecule has 0 radical (unpaired) electrons. The summed E-state index contributed by atoms with van der Waals surface area (Å²) in [6.07, 6.45) is 0. The molecule has 0 aliphatic carbocycles. The second kappa shape index (κ2) is 7.03. The minimum absolute atomic E-state index is 0.328. The lowest BCUT2D eigenvalue weighted by atomic mass is 9.93. The molecule has 5 heteroatoms. The van der Waals surface area contributed by atoms with Gasteiger partial charge >= 0.3 is 0 Å². The van der Waals surface area contributed by atoms with Gasteiger partial charge in [0, 0.05) is 33.1 Å². The number of ether oxygens (including phenoxy) is 1. The van der Waals surface area contributed by atoms with Crippen LogP contribution in [-0.2, 0) is 0 Å². The molecule has 0 unspecified atom stereocenters. The van der Waals surface area contributed by atoms with Crippen LogP contribution in [0.15, 0.2) is 42.5 Å². The normalized spacial score (nSPS) is 10.8. The van der Waals surface area contributed by atoms with E-state index in [0.29, 0.717) is 21.4 Å². The van der Waals surface area contributed by atoms with Crippen molar-refractivity contribution < 1.29 is 9.13 Å². The fourth-order valence-electron chi connectivity index (χ4n) is 2.91. The third kappa shape index (κ3) is 3.48. The Labute approximate surface area is 156 Å². The zero-order valence-electron chi connectivity index (χ0n) is 14.0. The van der Waals surface area contributed by atoms with E-state index in [-0.39, 0.29) is 5.82 Å². The van der Waals surface area contributed by atoms with E-state index in [0.717, 1.165) is 28.1 Å². The number of hydrogen-bond donors (Lipinski definition) is 0. The zero-order chi connectivity index (χ0) is 18.1. The topological polar surface area (TPSA) is 22.1 Å². The highest BCUT2D eigenvalue weighted by Crippen LogP contribution is 2.41. The Kier molecular flexibility index (Phi) is 4.98. The molecular weight excluding hydrogens is 360 g/mol. The number of hydrogen-bond acceptors (Lipinski definition) is 2. The monoisotopic (exact) mass is 375 g/mol. The first-order valence-corrected chi connectivity index (χ1v) is 8.44. The number of aryl methyl sites for hydroxylation is 2. The van der Waals surface area contributed by atoms with Gasteiger partial charge in [0.05, 0.1) is 12.1 Å². The van der Waals surface area contributed by atoms with Crippen molar-refractivity contribution in [3.8, 4) is 28.0 Å². The van der Waals surface area contributed by atoms with Crippen molar-refractivity contribution in [2.75, 3.05) is 7.11 Å². The number of aromatic nitrogens is 1. The molecule has 1 aromatic heterocycles. The smallest absolute Gasteiger partial charge is 0.124 e. The maximum atomic E-state index is 13.5. The molecule has 0 amide bonds. The van der Waals surface area contributed by atoms with Crippen LogP contribution in [0.1, 0.15) is 11.4 Å². The summed E-state index contributed by atoms with van der Waals surface area (Å²) < 4.78 is 18.8. The molecule has 2 aromatic carbocycles. The first-order chi connectivity index (χ1) is 11.9. The van der Waals surface area contributed by atoms with Crippen LogP contribution in [0, 0.1) is 19.7 Å². The number of rotatable bonds is 3. The molecule has 3 rings (SSSR count). The minimum atomic E-state index is -0.382. The van der Waals surface area contributed by atoms with Crippen molar-refractivity contribution in [1.82, 2.24) is 4.98 Å². The molecule has 2 nitrogen and oxygen atoms in total. The molecule has 0 N–H and O–H groups in total. The van der Waals surface area contributed by atoms with E-state index in [1.165, 1.54) is 12.1 Å². The van der Waals surface area contributed by atoms with Crippen molar-refractivity contribution >= 4 is 23.2 Å². The Morgan fingerprint density at radius 1 is 0.880 bits per heavy atom. The Morgan fingerprint density at radius 3 is 2.32 bits per heavy atom. The third-order valence-corrected chi connectivity index (χ3v) is 4.63. The predicted octanol–water partition coefficient (Wildman–Crippen LogP) is 6.49. The number of nitrogens with zero attached hydrogens (tertiary/aromatic N) is 1. The molecule has 0 saturated carbocycles. The lowest BCUT2D eigenvalue weighted by Gasteiger charge is -2.17. The molecule has 0 bridgehead atoms. The number of pyridine rings is 1. The van der Waals surface area contributed by atoms with Crippen molar-refractivity contribution in [1.29, 1.82) is 0 Å². The highest BCUT2D eigenvalue weighted by molar-refractivity contribution is 6.34. The van der Waals surface area contributed by atoms with Crippen LogP contribution in [0.2, 0.25) is 10.0 Å². The summed E-state index contributed by atoms with van der Waals surface area (Å²) in [6.45, 7) is 3.82. The summed E-state index contributed by atoms with van der Waals surface area (Å²) in [5.41, 5.74) is 4.87. The van der Waals surface area contributed by atoms with Gasteiger partial charge in [-0.3, -0.25) is 4.98 Å². The van der Waals surface area contributed by atoms with Crippen LogP contribution < -0.4 is 4.74 Å². The van der Waals surface area contributed by atoms with Gasteiger partial charge in [0.1, 0.15) is 11.6 Å². The molecule has 25 heavy (non-hydrogen) atoms. The number of methoxy groups -OCH3 is 1. The van der Waals surface area contributed by atoms with Crippen LogP contribution in [0.25, 0.3) is 22.3 Å². The van der Waals surface area contributed by atoms with Crippen LogP contribution >= 0.6 is 23.2 Å². The van der Waals surface area contributed by atoms with Crippen molar-refractivity contribution in [2.45, 2.75) is 13.8 Å². The molecule has 1 heterocycles. The van der Waals surface area contributed by atoms with Crippen LogP contribution in [0.3, 0.4) is 0 Å². The van der Waals surface area contributed by atoms with Crippen molar-refractivity contribution in [3.63, 3.8) is 0 Å². The molecular formula is C20H16Cl2FNO. The van der Waals surface area contributed by atoms with Crippen molar-refractivity contribution in [3.05, 3.63) is 69.7 Å². The lowest BCUT2D eigenvalue weighted by Crippen LogP contribution is -1.97. The Bertz CT molecular complexity index is 957. The minimum Gasteiger partial charge on any atom is -0.497 e. The second-order valence-corrected chi connectivity index (χ2v) is 6.56. The highest BCUT2D eigenvalue weighted by atomic mass is 35.5. The van der Waals surface area contributed by atoms with Gasteiger partial charge in [-0.05, 0) is 61.9 Å². The van der Waals surface area contributed by atoms with Crippen molar-refractivity contribution in [2.24, 2.45) is 0 Å². The van der Waals surface area contributed by atoms with Crippen LogP contribution in [0.4, 0.5) is 4.39 Å². The SMILES string of the molecule is COc1ccc(Cl)c(-c2cc(C)nc(C)c2-c2ccc(F)cc2Cl)c1. The molecule has 128 valence electrons. The number of halogens is 3. The molecule has 0 aliphatic heterocycles. The molecule has 0 aliphatic rings. The maximum absolute atomic E-state index is 13.5. The third-order valence-electron chi connectivity index (χ3n) is 3.99. The number of benzene rings is 2. The Morgan fingerprint density at radius 2 is 1.64 bits per heavy atom. The summed E-state index contributed by atoms with van der Waals surface area (Å²) in [7, 11) is 1.60. The van der Waals surface area contributed by atoms with E-state index in [2.05, 4.69) is 4.98 Å². The van der Waals surface area contributed by atoms with Gasteiger partial charge in [-0.15, -0.1) is 0 Å². The van der Waals surface area contributed by atoms with Gasteiger partial charge in [-0.25, -0.2) is 4.39 Å². The fraction of sp³-hybridized carbons (Fsp3) is 0.150. The Hall–Kier alpha value is -2.10. The average Bonchev–Trinajstić information content (AvgIpc) is 2.56. The van der Waals surface area contributed by atoms with Crippen LogP contribution in [0.5, 0.6) is 5.75 Å². The predicted molar refractivity (Wildman–Crippen MR) is 101 cm³/mol. The Balaban J connectivity index is 2.34. The summed E-state index contributed by atoms with van der Waals surface area (Å²) in [4.78, 5) is 4.55. The first kappa shape index (κ1) is 17.7. The highest BCUT2D eigenvalue weighted by Gasteiger charge is 2.18. The van der Waals surface area contributed by atoms with Gasteiger partial charge in [-0.1, -0.05) is 23.2 Å². The zero-order valence-corrected chi connectivity index (χ0v) is 15.5. The van der Waals surface area contributed by atoms with Gasteiger partial charge in [0.15, 0.2) is 0 Å². The van der Waals surface area contributed by atoms with E-state index in [4.69, 9.17) is 27.9 Å². The second-order valence-electron chi connectivity index (χ2n) is 5.74. The maximum Gasteiger partial charge on any atom is 0.124 e. The average molecular weight is 376 g/mol. The fourth-order valence-corrected chi connectivity index (χ4v) is 3.39. The molecule has 0 saturated heterocycles. The lowest BCUT2D eigenvalue weighted by molar-refractivity contribution is 0.415. The summed E-state index contributed by atoms with van der Waals surface area (Å²) in [6, 6.07) is 11.8. The summed E-state index contributed by atoms with van der Waals surface area (Å²) in [5, 5.41) is 0.916. The largest absolute Gasteiger partial charge is 0.497 e. The molecule has 3 aromatic rings. The van der Waals surface area contributed by atoms with Gasteiger partial charge in [-0.2, -0.15) is 0 Å². The quantitative estimate of drug-likeness (QED) is 0.521. The molecule has 0 fully saturated rings. The van der Waals surface area contributed by atoms with E-state index in [1.54, 1.807) is 25.3 Å². The van der Waals surface area contributed by atoms with E-state index < -0.39 is 0 Å². The van der Waals surface area contributed by atoms with Gasteiger partial charge in [0.2, 0.25) is 0 Å². The van der Waals surface area contributed by atoms with Gasteiger partial charge in [0.25, 0.3) is 0 Å². The van der Waals surface area contributed by atoms with E-state index >= 15 is 0 Å². The summed E-state index contributed by atoms with van der Waals surface area (Å²) >= 11 is 12.8. The van der Waals surface area contributed by atoms with E-state index in [9.17, 15) is 4.39 Å². The van der Waals surface area contributed by atoms with Gasteiger partial charge < -0.3 is 4.74 Å².